The average Bonchev–Trinajstić information content (AvgIpc) is 2.83. The van der Waals surface area contributed by atoms with E-state index in [0.717, 1.165) is 52.9 Å². The Kier molecular flexibility index (Phi) is 7.50. The van der Waals surface area contributed by atoms with Crippen molar-refractivity contribution in [1.82, 2.24) is 14.8 Å². The van der Waals surface area contributed by atoms with Crippen LogP contribution >= 0.6 is 11.6 Å². The number of ether oxygens (including phenoxy) is 1. The molecule has 1 atom stereocenters. The van der Waals surface area contributed by atoms with E-state index in [1.165, 1.54) is 0 Å². The third-order valence-corrected chi connectivity index (χ3v) is 7.01. The summed E-state index contributed by atoms with van der Waals surface area (Å²) in [7, 11) is 0. The van der Waals surface area contributed by atoms with E-state index < -0.39 is 0 Å². The van der Waals surface area contributed by atoms with E-state index in [0.29, 0.717) is 57.2 Å². The van der Waals surface area contributed by atoms with Crippen LogP contribution in [0.1, 0.15) is 40.9 Å². The van der Waals surface area contributed by atoms with Gasteiger partial charge in [0.2, 0.25) is 0 Å². The number of piperazine rings is 1. The van der Waals surface area contributed by atoms with Gasteiger partial charge < -0.3 is 20.3 Å². The van der Waals surface area contributed by atoms with Gasteiger partial charge in [-0.05, 0) is 62.3 Å². The Bertz CT molecular complexity index is 1050. The Morgan fingerprint density at radius 1 is 1.24 bits per heavy atom. The summed E-state index contributed by atoms with van der Waals surface area (Å²) < 4.78 is 5.21. The Labute approximate surface area is 199 Å². The zero-order chi connectivity index (χ0) is 23.4. The monoisotopic (exact) mass is 470 g/mol. The van der Waals surface area contributed by atoms with E-state index in [9.17, 15) is 9.59 Å². The molecule has 1 aromatic heterocycles. The molecule has 176 valence electrons. The Morgan fingerprint density at radius 2 is 2.00 bits per heavy atom. The van der Waals surface area contributed by atoms with Gasteiger partial charge in [-0.2, -0.15) is 0 Å². The molecule has 8 heteroatoms. The van der Waals surface area contributed by atoms with Gasteiger partial charge in [-0.25, -0.2) is 4.79 Å². The smallest absolute Gasteiger partial charge is 0.409 e. The van der Waals surface area contributed by atoms with E-state index in [4.69, 9.17) is 27.1 Å². The topological polar surface area (TPSA) is 88.8 Å². The molecule has 2 amide bonds. The minimum atomic E-state index is -0.341. The number of halogens is 1. The van der Waals surface area contributed by atoms with Crippen molar-refractivity contribution in [3.63, 3.8) is 0 Å². The van der Waals surface area contributed by atoms with Gasteiger partial charge in [-0.3, -0.25) is 9.78 Å². The largest absolute Gasteiger partial charge is 0.449 e. The number of amides is 2. The maximum Gasteiger partial charge on any atom is 0.409 e. The van der Waals surface area contributed by atoms with E-state index in [1.807, 2.05) is 18.2 Å². The second-order valence-electron chi connectivity index (χ2n) is 8.74. The summed E-state index contributed by atoms with van der Waals surface area (Å²) in [5, 5.41) is 1.64. The second kappa shape index (κ2) is 10.5. The third kappa shape index (κ3) is 5.14. The standard InChI is InChI=1S/C25H31ClN4O3/c1-2-3-14-33-25(32)30-12-10-29(11-13-30)24(31)18-5-7-20-22(16-18)28-21-15-17(8-9-27)4-6-19(21)23(20)26/h2,5,7,16-17H,1,3-4,6,8-15,27H2. The van der Waals surface area contributed by atoms with Crippen molar-refractivity contribution in [2.75, 3.05) is 39.3 Å². The molecule has 0 spiro atoms. The Morgan fingerprint density at radius 3 is 2.73 bits per heavy atom. The molecule has 0 radical (unpaired) electrons. The van der Waals surface area contributed by atoms with Crippen molar-refractivity contribution >= 4 is 34.5 Å². The SMILES string of the molecule is C=CCCOC(=O)N1CCN(C(=O)c2ccc3c(Cl)c4c(nc3c2)CC(CCN)CC4)CC1. The number of hydrogen-bond acceptors (Lipinski definition) is 5. The molecule has 2 aliphatic rings. The van der Waals surface area contributed by atoms with Crippen LogP contribution in [0.3, 0.4) is 0 Å². The molecule has 1 saturated heterocycles. The molecule has 1 aliphatic carbocycles. The number of carbonyl (C=O) groups excluding carboxylic acids is 2. The molecule has 1 unspecified atom stereocenters. The van der Waals surface area contributed by atoms with Crippen LogP contribution in [0.4, 0.5) is 4.79 Å². The Balaban J connectivity index is 1.46. The highest BCUT2D eigenvalue weighted by molar-refractivity contribution is 6.36. The molecule has 33 heavy (non-hydrogen) atoms. The highest BCUT2D eigenvalue weighted by Crippen LogP contribution is 2.35. The summed E-state index contributed by atoms with van der Waals surface area (Å²) >= 11 is 6.74. The van der Waals surface area contributed by atoms with Crippen molar-refractivity contribution in [3.8, 4) is 0 Å². The molecular weight excluding hydrogens is 440 g/mol. The highest BCUT2D eigenvalue weighted by atomic mass is 35.5. The third-order valence-electron chi connectivity index (χ3n) is 6.58. The first-order chi connectivity index (χ1) is 16.0. The van der Waals surface area contributed by atoms with Crippen LogP contribution < -0.4 is 5.73 Å². The summed E-state index contributed by atoms with van der Waals surface area (Å²) in [5.74, 6) is 0.473. The molecule has 1 aliphatic heterocycles. The molecule has 1 aromatic carbocycles. The zero-order valence-corrected chi connectivity index (χ0v) is 19.6. The molecule has 1 fully saturated rings. The van der Waals surface area contributed by atoms with E-state index in [-0.39, 0.29) is 12.0 Å². The summed E-state index contributed by atoms with van der Waals surface area (Å²) in [5.41, 5.74) is 9.26. The fourth-order valence-corrected chi connectivity index (χ4v) is 5.03. The number of nitrogens with two attached hydrogens (primary N) is 1. The lowest BCUT2D eigenvalue weighted by molar-refractivity contribution is 0.0564. The molecule has 0 bridgehead atoms. The maximum atomic E-state index is 13.1. The Hall–Kier alpha value is -2.64. The van der Waals surface area contributed by atoms with Crippen LogP contribution in [0.5, 0.6) is 0 Å². The van der Waals surface area contributed by atoms with Crippen LogP contribution in [0, 0.1) is 5.92 Å². The van der Waals surface area contributed by atoms with Crippen LogP contribution in [-0.4, -0.2) is 66.1 Å². The number of aromatic nitrogens is 1. The fourth-order valence-electron chi connectivity index (χ4n) is 4.67. The summed E-state index contributed by atoms with van der Waals surface area (Å²) in [6.07, 6.45) is 5.87. The van der Waals surface area contributed by atoms with Crippen molar-refractivity contribution in [2.24, 2.45) is 11.7 Å². The molecule has 4 rings (SSSR count). The van der Waals surface area contributed by atoms with Crippen LogP contribution in [0.25, 0.3) is 10.9 Å². The molecular formula is C25H31ClN4O3. The van der Waals surface area contributed by atoms with Crippen molar-refractivity contribution < 1.29 is 14.3 Å². The van der Waals surface area contributed by atoms with Gasteiger partial charge in [0, 0.05) is 42.8 Å². The number of nitrogens with zero attached hydrogens (tertiary/aromatic N) is 3. The summed E-state index contributed by atoms with van der Waals surface area (Å²) in [4.78, 5) is 33.6. The van der Waals surface area contributed by atoms with Crippen LogP contribution in [-0.2, 0) is 17.6 Å². The van der Waals surface area contributed by atoms with Gasteiger partial charge in [0.1, 0.15) is 0 Å². The van der Waals surface area contributed by atoms with Gasteiger partial charge in [0.25, 0.3) is 5.91 Å². The molecule has 7 nitrogen and oxygen atoms in total. The van der Waals surface area contributed by atoms with Gasteiger partial charge in [-0.15, -0.1) is 6.58 Å². The van der Waals surface area contributed by atoms with Gasteiger partial charge >= 0.3 is 6.09 Å². The average molecular weight is 471 g/mol. The minimum Gasteiger partial charge on any atom is -0.449 e. The van der Waals surface area contributed by atoms with Gasteiger partial charge in [0.05, 0.1) is 17.1 Å². The van der Waals surface area contributed by atoms with E-state index >= 15 is 0 Å². The maximum absolute atomic E-state index is 13.1. The molecule has 2 N–H and O–H groups in total. The van der Waals surface area contributed by atoms with Crippen LogP contribution in [0.2, 0.25) is 5.02 Å². The molecule has 2 aromatic rings. The van der Waals surface area contributed by atoms with E-state index in [2.05, 4.69) is 6.58 Å². The van der Waals surface area contributed by atoms with Gasteiger partial charge in [0.15, 0.2) is 0 Å². The number of fused-ring (bicyclic) bond motifs is 2. The molecule has 0 saturated carbocycles. The predicted octanol–water partition coefficient (Wildman–Crippen LogP) is 3.81. The number of hydrogen-bond donors (Lipinski definition) is 1. The quantitative estimate of drug-likeness (QED) is 0.512. The lowest BCUT2D eigenvalue weighted by Gasteiger charge is -2.34. The zero-order valence-electron chi connectivity index (χ0n) is 18.9. The summed E-state index contributed by atoms with van der Waals surface area (Å²) in [6, 6.07) is 5.56. The van der Waals surface area contributed by atoms with Crippen molar-refractivity contribution in [1.29, 1.82) is 0 Å². The first-order valence-electron chi connectivity index (χ1n) is 11.6. The van der Waals surface area contributed by atoms with Gasteiger partial charge in [-0.1, -0.05) is 23.7 Å². The highest BCUT2D eigenvalue weighted by Gasteiger charge is 2.27. The lowest BCUT2D eigenvalue weighted by Crippen LogP contribution is -2.50. The van der Waals surface area contributed by atoms with Crippen molar-refractivity contribution in [3.05, 3.63) is 52.7 Å². The first-order valence-corrected chi connectivity index (χ1v) is 12.0. The van der Waals surface area contributed by atoms with E-state index in [1.54, 1.807) is 15.9 Å². The number of carbonyl (C=O) groups is 2. The summed E-state index contributed by atoms with van der Waals surface area (Å²) in [6.45, 7) is 6.45. The lowest BCUT2D eigenvalue weighted by atomic mass is 9.84. The first kappa shape index (κ1) is 23.5. The fraction of sp³-hybridized carbons (Fsp3) is 0.480. The second-order valence-corrected chi connectivity index (χ2v) is 9.12. The number of benzene rings is 1. The normalized spacial score (nSPS) is 18.2. The van der Waals surface area contributed by atoms with Crippen molar-refractivity contribution in [2.45, 2.75) is 32.1 Å². The number of rotatable bonds is 6. The molecule has 2 heterocycles. The minimum absolute atomic E-state index is 0.0618. The number of pyridine rings is 1. The predicted molar refractivity (Wildman–Crippen MR) is 130 cm³/mol. The van der Waals surface area contributed by atoms with Crippen LogP contribution in [0.15, 0.2) is 30.9 Å².